The summed E-state index contributed by atoms with van der Waals surface area (Å²) in [5.74, 6) is 1.11. The number of nitrogens with one attached hydrogen (secondary N) is 1. The number of nitrogens with two attached hydrogens (primary N) is 2. The third-order valence-electron chi connectivity index (χ3n) is 6.48. The number of fused-ring (bicyclic) bond motifs is 1. The van der Waals surface area contributed by atoms with Crippen molar-refractivity contribution in [2.45, 2.75) is 64.1 Å². The van der Waals surface area contributed by atoms with Gasteiger partial charge in [0.1, 0.15) is 5.82 Å². The maximum Gasteiger partial charge on any atom is 0.240 e. The Labute approximate surface area is 184 Å². The van der Waals surface area contributed by atoms with Gasteiger partial charge in [0.25, 0.3) is 0 Å². The summed E-state index contributed by atoms with van der Waals surface area (Å²) in [7, 11) is 0. The number of carbonyl (C=O) groups excluding carboxylic acids is 1. The SMILES string of the molecule is CCNC(CCN)C(=O)N1CCCC[C@H]1c1cc2nc(N3CC[C@H](N)C3)c(C)cn2n1. The van der Waals surface area contributed by atoms with E-state index in [1.165, 1.54) is 0 Å². The number of hydrogen-bond donors (Lipinski definition) is 3. The Morgan fingerprint density at radius 3 is 2.87 bits per heavy atom. The van der Waals surface area contributed by atoms with Crippen LogP contribution in [0.15, 0.2) is 12.3 Å². The average Bonchev–Trinajstić information content (AvgIpc) is 3.38. The molecule has 5 N–H and O–H groups in total. The first-order chi connectivity index (χ1) is 15.0. The van der Waals surface area contributed by atoms with E-state index in [1.807, 2.05) is 28.6 Å². The van der Waals surface area contributed by atoms with Crippen LogP contribution in [0.5, 0.6) is 0 Å². The topological polar surface area (TPSA) is 118 Å². The molecule has 0 saturated carbocycles. The van der Waals surface area contributed by atoms with Crippen molar-refractivity contribution in [2.24, 2.45) is 11.5 Å². The number of anilines is 1. The molecule has 4 heterocycles. The Bertz CT molecular complexity index is 906. The zero-order valence-electron chi connectivity index (χ0n) is 18.8. The maximum atomic E-state index is 13.3. The summed E-state index contributed by atoms with van der Waals surface area (Å²) in [6, 6.07) is 1.99. The van der Waals surface area contributed by atoms with Crippen LogP contribution in [0, 0.1) is 6.92 Å². The molecular weight excluding hydrogens is 392 g/mol. The van der Waals surface area contributed by atoms with Crippen LogP contribution in [0.3, 0.4) is 0 Å². The minimum absolute atomic E-state index is 0.0224. The normalized spacial score (nSPS) is 23.0. The predicted octanol–water partition coefficient (Wildman–Crippen LogP) is 0.956. The van der Waals surface area contributed by atoms with E-state index < -0.39 is 0 Å². The molecule has 2 aliphatic heterocycles. The minimum atomic E-state index is -0.237. The predicted molar refractivity (Wildman–Crippen MR) is 122 cm³/mol. The van der Waals surface area contributed by atoms with Crippen molar-refractivity contribution in [2.75, 3.05) is 37.6 Å². The van der Waals surface area contributed by atoms with Crippen LogP contribution in [0.2, 0.25) is 0 Å². The quantitative estimate of drug-likeness (QED) is 0.601. The lowest BCUT2D eigenvalue weighted by Gasteiger charge is -2.37. The van der Waals surface area contributed by atoms with Gasteiger partial charge >= 0.3 is 0 Å². The number of hydrogen-bond acceptors (Lipinski definition) is 7. The van der Waals surface area contributed by atoms with Crippen molar-refractivity contribution in [3.8, 4) is 0 Å². The zero-order chi connectivity index (χ0) is 22.0. The Morgan fingerprint density at radius 1 is 1.32 bits per heavy atom. The number of piperidine rings is 1. The maximum absolute atomic E-state index is 13.3. The third-order valence-corrected chi connectivity index (χ3v) is 6.48. The van der Waals surface area contributed by atoms with Crippen molar-refractivity contribution in [3.63, 3.8) is 0 Å². The van der Waals surface area contributed by atoms with Crippen LogP contribution in [0.1, 0.15) is 56.3 Å². The molecule has 2 fully saturated rings. The van der Waals surface area contributed by atoms with E-state index in [2.05, 4.69) is 17.1 Å². The summed E-state index contributed by atoms with van der Waals surface area (Å²) in [5.41, 5.74) is 14.7. The van der Waals surface area contributed by atoms with Gasteiger partial charge in [-0.3, -0.25) is 4.79 Å². The van der Waals surface area contributed by atoms with E-state index >= 15 is 0 Å². The largest absolute Gasteiger partial charge is 0.355 e. The van der Waals surface area contributed by atoms with E-state index in [0.29, 0.717) is 13.0 Å². The molecular formula is C22H36N8O. The van der Waals surface area contributed by atoms with Crippen LogP contribution < -0.4 is 21.7 Å². The fourth-order valence-corrected chi connectivity index (χ4v) is 4.91. The highest BCUT2D eigenvalue weighted by molar-refractivity contribution is 5.82. The number of carbonyl (C=O) groups is 1. The highest BCUT2D eigenvalue weighted by atomic mass is 16.2. The zero-order valence-corrected chi connectivity index (χ0v) is 18.8. The van der Waals surface area contributed by atoms with Crippen LogP contribution >= 0.6 is 0 Å². The third kappa shape index (κ3) is 4.53. The molecule has 0 aliphatic carbocycles. The second-order valence-electron chi connectivity index (χ2n) is 8.85. The van der Waals surface area contributed by atoms with Crippen molar-refractivity contribution in [1.29, 1.82) is 0 Å². The fraction of sp³-hybridized carbons (Fsp3) is 0.682. The van der Waals surface area contributed by atoms with Gasteiger partial charge in [0.2, 0.25) is 5.91 Å². The molecule has 1 amide bonds. The molecule has 1 unspecified atom stereocenters. The number of nitrogens with zero attached hydrogens (tertiary/aromatic N) is 5. The molecule has 170 valence electrons. The summed E-state index contributed by atoms with van der Waals surface area (Å²) >= 11 is 0. The van der Waals surface area contributed by atoms with Gasteiger partial charge in [-0.1, -0.05) is 6.92 Å². The number of likely N-dealkylation sites (N-methyl/N-ethyl adjacent to an activating group) is 1. The van der Waals surface area contributed by atoms with Crippen molar-refractivity contribution >= 4 is 17.4 Å². The lowest BCUT2D eigenvalue weighted by molar-refractivity contribution is -0.137. The molecule has 0 aromatic carbocycles. The summed E-state index contributed by atoms with van der Waals surface area (Å²) in [6.45, 7) is 7.85. The monoisotopic (exact) mass is 428 g/mol. The molecule has 0 spiro atoms. The van der Waals surface area contributed by atoms with Crippen LogP contribution in [0.4, 0.5) is 5.82 Å². The number of aromatic nitrogens is 3. The first kappa shape index (κ1) is 22.0. The van der Waals surface area contributed by atoms with E-state index in [1.54, 1.807) is 0 Å². The lowest BCUT2D eigenvalue weighted by atomic mass is 9.97. The molecule has 2 aliphatic rings. The summed E-state index contributed by atoms with van der Waals surface area (Å²) in [4.78, 5) is 22.5. The van der Waals surface area contributed by atoms with Gasteiger partial charge in [-0.05, 0) is 52.1 Å². The van der Waals surface area contributed by atoms with E-state index in [-0.39, 0.29) is 24.0 Å². The number of likely N-dealkylation sites (tertiary alicyclic amines) is 1. The summed E-state index contributed by atoms with van der Waals surface area (Å²) in [5, 5.41) is 8.14. The molecule has 2 aromatic heterocycles. The number of rotatable bonds is 7. The lowest BCUT2D eigenvalue weighted by Crippen LogP contribution is -2.50. The Morgan fingerprint density at radius 2 is 2.16 bits per heavy atom. The molecule has 0 bridgehead atoms. The van der Waals surface area contributed by atoms with Gasteiger partial charge in [0.05, 0.1) is 17.8 Å². The molecule has 31 heavy (non-hydrogen) atoms. The molecule has 3 atom stereocenters. The molecule has 9 nitrogen and oxygen atoms in total. The molecule has 2 aromatic rings. The van der Waals surface area contributed by atoms with Gasteiger partial charge in [-0.15, -0.1) is 0 Å². The molecule has 2 saturated heterocycles. The Kier molecular flexibility index (Phi) is 6.74. The van der Waals surface area contributed by atoms with Crippen LogP contribution in [-0.2, 0) is 4.79 Å². The van der Waals surface area contributed by atoms with Gasteiger partial charge in [-0.25, -0.2) is 9.50 Å². The average molecular weight is 429 g/mol. The van der Waals surface area contributed by atoms with E-state index in [4.69, 9.17) is 21.5 Å². The number of amides is 1. The fourth-order valence-electron chi connectivity index (χ4n) is 4.91. The minimum Gasteiger partial charge on any atom is -0.355 e. The van der Waals surface area contributed by atoms with Crippen LogP contribution in [0.25, 0.3) is 5.65 Å². The first-order valence-corrected chi connectivity index (χ1v) is 11.6. The van der Waals surface area contributed by atoms with E-state index in [9.17, 15) is 4.79 Å². The van der Waals surface area contributed by atoms with E-state index in [0.717, 1.165) is 74.6 Å². The second kappa shape index (κ2) is 9.50. The molecule has 9 heteroatoms. The van der Waals surface area contributed by atoms with Crippen molar-refractivity contribution in [3.05, 3.63) is 23.5 Å². The van der Waals surface area contributed by atoms with Crippen molar-refractivity contribution in [1.82, 2.24) is 24.8 Å². The smallest absolute Gasteiger partial charge is 0.240 e. The highest BCUT2D eigenvalue weighted by Gasteiger charge is 2.33. The first-order valence-electron chi connectivity index (χ1n) is 11.6. The standard InChI is InChI=1S/C22H36N8O/c1-3-25-17(7-9-23)22(31)29-10-5-4-6-19(29)18-12-20-26-21(15(2)13-30(20)27-18)28-11-8-16(24)14-28/h12-13,16-17,19,25H,3-11,14,23-24H2,1-2H3/t16-,17?,19-/m0/s1. The molecule has 4 rings (SSSR count). The van der Waals surface area contributed by atoms with Gasteiger partial charge < -0.3 is 26.6 Å². The second-order valence-corrected chi connectivity index (χ2v) is 8.85. The van der Waals surface area contributed by atoms with Gasteiger partial charge in [-0.2, -0.15) is 5.10 Å². The number of aryl methyl sites for hydroxylation is 1. The van der Waals surface area contributed by atoms with Gasteiger partial charge in [0, 0.05) is 43.5 Å². The Hall–Kier alpha value is -2.23. The Balaban J connectivity index is 1.62. The molecule has 0 radical (unpaired) electrons. The highest BCUT2D eigenvalue weighted by Crippen LogP contribution is 2.32. The van der Waals surface area contributed by atoms with Gasteiger partial charge in [0.15, 0.2) is 5.65 Å². The summed E-state index contributed by atoms with van der Waals surface area (Å²) < 4.78 is 1.85. The van der Waals surface area contributed by atoms with Crippen molar-refractivity contribution < 1.29 is 4.79 Å². The summed E-state index contributed by atoms with van der Waals surface area (Å²) in [6.07, 6.45) is 6.71. The van der Waals surface area contributed by atoms with Crippen LogP contribution in [-0.4, -0.2) is 70.2 Å².